The highest BCUT2D eigenvalue weighted by Gasteiger charge is 2.35. The molecule has 124 valence electrons. The Labute approximate surface area is 129 Å². The van der Waals surface area contributed by atoms with E-state index in [2.05, 4.69) is 0 Å². The van der Waals surface area contributed by atoms with Crippen LogP contribution in [0.15, 0.2) is 0 Å². The first-order valence-corrected chi connectivity index (χ1v) is 10.3. The third kappa shape index (κ3) is 6.25. The van der Waals surface area contributed by atoms with Gasteiger partial charge in [-0.25, -0.2) is 13.6 Å². The molecule has 4 nitrogen and oxygen atoms in total. The van der Waals surface area contributed by atoms with E-state index in [1.807, 2.05) is 0 Å². The van der Waals surface area contributed by atoms with Crippen LogP contribution in [0.5, 0.6) is 0 Å². The molecule has 0 radical (unpaired) electrons. The molecule has 2 rings (SSSR count). The third-order valence-electron chi connectivity index (χ3n) is 5.16. The number of hydrogen-bond donors (Lipinski definition) is 1. The maximum absolute atomic E-state index is 11.6. The number of sulfonamides is 1. The van der Waals surface area contributed by atoms with Crippen molar-refractivity contribution in [3.8, 4) is 0 Å². The van der Waals surface area contributed by atoms with E-state index >= 15 is 0 Å². The van der Waals surface area contributed by atoms with Gasteiger partial charge in [0.1, 0.15) is 0 Å². The lowest BCUT2D eigenvalue weighted by atomic mass is 9.83. The molecule has 0 aliphatic heterocycles. The molecule has 0 bridgehead atoms. The number of nitrogens with two attached hydrogens (primary N) is 1. The zero-order valence-electron chi connectivity index (χ0n) is 13.2. The van der Waals surface area contributed by atoms with Crippen molar-refractivity contribution in [2.24, 2.45) is 16.5 Å². The summed E-state index contributed by atoms with van der Waals surface area (Å²) >= 11 is 0. The fraction of sp³-hybridized carbons (Fsp3) is 1.00. The summed E-state index contributed by atoms with van der Waals surface area (Å²) in [5.74, 6) is 0.765. The first kappa shape index (κ1) is 17.2. The monoisotopic (exact) mass is 317 g/mol. The molecule has 0 heterocycles. The second-order valence-corrected chi connectivity index (χ2v) is 8.85. The van der Waals surface area contributed by atoms with E-state index in [9.17, 15) is 8.42 Å². The minimum atomic E-state index is -3.43. The Hall–Kier alpha value is -0.130. The standard InChI is InChI=1S/C16H31NO3S/c17-21(18,19)14-16(10-6-1-2-7-11-16)13-20-12-15-8-4-3-5-9-15/h15H,1-14H2,(H2,17,18,19). The quantitative estimate of drug-likeness (QED) is 0.765. The van der Waals surface area contributed by atoms with Gasteiger partial charge in [-0.05, 0) is 31.6 Å². The largest absolute Gasteiger partial charge is 0.381 e. The lowest BCUT2D eigenvalue weighted by Gasteiger charge is -2.32. The zero-order chi connectivity index (χ0) is 15.2. The van der Waals surface area contributed by atoms with Crippen LogP contribution in [0.3, 0.4) is 0 Å². The van der Waals surface area contributed by atoms with Crippen molar-refractivity contribution in [1.29, 1.82) is 0 Å². The summed E-state index contributed by atoms with van der Waals surface area (Å²) < 4.78 is 29.2. The van der Waals surface area contributed by atoms with Gasteiger partial charge in [0.05, 0.1) is 12.4 Å². The van der Waals surface area contributed by atoms with E-state index < -0.39 is 10.0 Å². The second kappa shape index (κ2) is 7.93. The lowest BCUT2D eigenvalue weighted by Crippen LogP contribution is -2.38. The predicted octanol–water partition coefficient (Wildman–Crippen LogP) is 3.21. The van der Waals surface area contributed by atoms with Gasteiger partial charge in [0.2, 0.25) is 10.0 Å². The van der Waals surface area contributed by atoms with Crippen LogP contribution < -0.4 is 5.14 Å². The maximum atomic E-state index is 11.6. The molecule has 0 aromatic rings. The molecule has 0 amide bonds. The summed E-state index contributed by atoms with van der Waals surface area (Å²) in [6.07, 6.45) is 13.0. The van der Waals surface area contributed by atoms with Crippen molar-refractivity contribution in [2.45, 2.75) is 70.6 Å². The average molecular weight is 317 g/mol. The third-order valence-corrected chi connectivity index (χ3v) is 6.17. The number of hydrogen-bond acceptors (Lipinski definition) is 3. The first-order chi connectivity index (χ1) is 9.99. The maximum Gasteiger partial charge on any atom is 0.209 e. The zero-order valence-corrected chi connectivity index (χ0v) is 14.0. The van der Waals surface area contributed by atoms with Crippen molar-refractivity contribution >= 4 is 10.0 Å². The SMILES string of the molecule is NS(=O)(=O)CC1(COCC2CCCCC2)CCCCCC1. The molecule has 2 fully saturated rings. The highest BCUT2D eigenvalue weighted by atomic mass is 32.2. The molecule has 0 aromatic carbocycles. The molecule has 5 heteroatoms. The van der Waals surface area contributed by atoms with E-state index in [0.717, 1.165) is 32.3 Å². The molecule has 2 aliphatic carbocycles. The van der Waals surface area contributed by atoms with Crippen molar-refractivity contribution in [3.05, 3.63) is 0 Å². The molecule has 2 N–H and O–H groups in total. The van der Waals surface area contributed by atoms with E-state index in [1.54, 1.807) is 0 Å². The molecule has 0 spiro atoms. The molecular weight excluding hydrogens is 286 g/mol. The Kier molecular flexibility index (Phi) is 6.51. The molecule has 0 aromatic heterocycles. The molecule has 0 saturated heterocycles. The van der Waals surface area contributed by atoms with Crippen LogP contribution in [-0.2, 0) is 14.8 Å². The number of primary sulfonamides is 1. The van der Waals surface area contributed by atoms with Crippen molar-refractivity contribution in [2.75, 3.05) is 19.0 Å². The van der Waals surface area contributed by atoms with Crippen LogP contribution in [-0.4, -0.2) is 27.4 Å². The van der Waals surface area contributed by atoms with Gasteiger partial charge in [-0.1, -0.05) is 44.9 Å². The van der Waals surface area contributed by atoms with Crippen LogP contribution in [0.4, 0.5) is 0 Å². The van der Waals surface area contributed by atoms with Gasteiger partial charge in [-0.2, -0.15) is 0 Å². The van der Waals surface area contributed by atoms with Crippen LogP contribution in [0, 0.1) is 11.3 Å². The molecule has 2 saturated carbocycles. The molecular formula is C16H31NO3S. The van der Waals surface area contributed by atoms with Gasteiger partial charge in [0.15, 0.2) is 0 Å². The van der Waals surface area contributed by atoms with Crippen LogP contribution in [0.25, 0.3) is 0 Å². The fourth-order valence-corrected chi connectivity index (χ4v) is 5.26. The normalized spacial score (nSPS) is 24.6. The van der Waals surface area contributed by atoms with Crippen LogP contribution >= 0.6 is 0 Å². The summed E-state index contributed by atoms with van der Waals surface area (Å²) in [7, 11) is -3.43. The summed E-state index contributed by atoms with van der Waals surface area (Å²) in [6.45, 7) is 1.37. The Bertz CT molecular complexity index is 394. The fourth-order valence-electron chi connectivity index (χ4n) is 4.03. The first-order valence-electron chi connectivity index (χ1n) is 8.57. The van der Waals surface area contributed by atoms with Gasteiger partial charge in [-0.15, -0.1) is 0 Å². The van der Waals surface area contributed by atoms with Gasteiger partial charge in [-0.3, -0.25) is 0 Å². The lowest BCUT2D eigenvalue weighted by molar-refractivity contribution is 0.0199. The molecule has 0 atom stereocenters. The van der Waals surface area contributed by atoms with Gasteiger partial charge < -0.3 is 4.74 Å². The van der Waals surface area contributed by atoms with E-state index in [1.165, 1.54) is 44.9 Å². The van der Waals surface area contributed by atoms with Gasteiger partial charge in [0.25, 0.3) is 0 Å². The topological polar surface area (TPSA) is 69.4 Å². The minimum Gasteiger partial charge on any atom is -0.381 e. The predicted molar refractivity (Wildman–Crippen MR) is 85.5 cm³/mol. The van der Waals surface area contributed by atoms with E-state index in [0.29, 0.717) is 12.5 Å². The van der Waals surface area contributed by atoms with Crippen molar-refractivity contribution in [3.63, 3.8) is 0 Å². The molecule has 0 unspecified atom stereocenters. The van der Waals surface area contributed by atoms with Crippen molar-refractivity contribution < 1.29 is 13.2 Å². The van der Waals surface area contributed by atoms with Crippen molar-refractivity contribution in [1.82, 2.24) is 0 Å². The second-order valence-electron chi connectivity index (χ2n) is 7.24. The van der Waals surface area contributed by atoms with Gasteiger partial charge >= 0.3 is 0 Å². The number of rotatable bonds is 6. The van der Waals surface area contributed by atoms with Gasteiger partial charge in [0, 0.05) is 12.0 Å². The highest BCUT2D eigenvalue weighted by molar-refractivity contribution is 7.89. The molecule has 2 aliphatic rings. The summed E-state index contributed by atoms with van der Waals surface area (Å²) in [5.41, 5.74) is -0.237. The van der Waals surface area contributed by atoms with Crippen LogP contribution in [0.2, 0.25) is 0 Å². The number of ether oxygens (including phenoxy) is 1. The summed E-state index contributed by atoms with van der Waals surface area (Å²) in [5, 5.41) is 5.33. The Morgan fingerprint density at radius 1 is 0.952 bits per heavy atom. The van der Waals surface area contributed by atoms with E-state index in [4.69, 9.17) is 9.88 Å². The Morgan fingerprint density at radius 3 is 2.10 bits per heavy atom. The summed E-state index contributed by atoms with van der Waals surface area (Å²) in [4.78, 5) is 0. The Balaban J connectivity index is 1.88. The smallest absolute Gasteiger partial charge is 0.209 e. The average Bonchev–Trinajstić information content (AvgIpc) is 2.64. The minimum absolute atomic E-state index is 0.0880. The highest BCUT2D eigenvalue weighted by Crippen LogP contribution is 2.37. The van der Waals surface area contributed by atoms with Crippen LogP contribution in [0.1, 0.15) is 70.6 Å². The van der Waals surface area contributed by atoms with E-state index in [-0.39, 0.29) is 11.2 Å². The Morgan fingerprint density at radius 2 is 1.52 bits per heavy atom. The molecule has 21 heavy (non-hydrogen) atoms. The summed E-state index contributed by atoms with van der Waals surface area (Å²) in [6, 6.07) is 0.